The number of aliphatic imine (C=N–C) groups is 1. The zero-order chi connectivity index (χ0) is 28.5. The summed E-state index contributed by atoms with van der Waals surface area (Å²) in [6.45, 7) is 1.75. The molecule has 3 aromatic rings. The Hall–Kier alpha value is -2.58. The van der Waals surface area contributed by atoms with Gasteiger partial charge in [0.15, 0.2) is 0 Å². The number of halogens is 4. The van der Waals surface area contributed by atoms with Crippen LogP contribution in [0.5, 0.6) is 0 Å². The van der Waals surface area contributed by atoms with Crippen molar-refractivity contribution in [2.24, 2.45) is 4.99 Å². The van der Waals surface area contributed by atoms with Gasteiger partial charge in [-0.15, -0.1) is 0 Å². The molecule has 1 fully saturated rings. The molecule has 206 valence electrons. The monoisotopic (exact) mass is 649 g/mol. The molecule has 0 unspecified atom stereocenters. The highest BCUT2D eigenvalue weighted by Gasteiger charge is 2.29. The summed E-state index contributed by atoms with van der Waals surface area (Å²) in [4.78, 5) is 16.5. The average molecular weight is 651 g/mol. The molecule has 1 heterocycles. The second-order valence-electron chi connectivity index (χ2n) is 8.04. The third-order valence-electron chi connectivity index (χ3n) is 5.25. The highest BCUT2D eigenvalue weighted by Crippen LogP contribution is 2.36. The molecule has 0 bridgehead atoms. The first-order chi connectivity index (χ1) is 18.3. The Balaban J connectivity index is 1.59. The van der Waals surface area contributed by atoms with Gasteiger partial charge in [0.25, 0.3) is 15.9 Å². The first-order valence-corrected chi connectivity index (χ1v) is 15.5. The van der Waals surface area contributed by atoms with Crippen LogP contribution < -0.4 is 19.9 Å². The van der Waals surface area contributed by atoms with Gasteiger partial charge >= 0.3 is 0 Å². The molecule has 0 radical (unpaired) electrons. The highest BCUT2D eigenvalue weighted by molar-refractivity contribution is 7.93. The molecular formula is C23H19Cl4N5O5S2. The number of nitrogens with one attached hydrogen (secondary N) is 3. The summed E-state index contributed by atoms with van der Waals surface area (Å²) in [5.41, 5.74) is 3.37. The predicted octanol–water partition coefficient (Wildman–Crippen LogP) is 5.37. The van der Waals surface area contributed by atoms with Crippen LogP contribution in [0, 0.1) is 0 Å². The molecule has 3 N–H and O–H groups in total. The van der Waals surface area contributed by atoms with Gasteiger partial charge in [0.05, 0.1) is 53.4 Å². The van der Waals surface area contributed by atoms with Gasteiger partial charge < -0.3 is 0 Å². The lowest BCUT2D eigenvalue weighted by atomic mass is 10.3. The summed E-state index contributed by atoms with van der Waals surface area (Å²) in [6, 6.07) is 12.0. The summed E-state index contributed by atoms with van der Waals surface area (Å²) in [6.07, 6.45) is -0.129. The molecule has 0 aliphatic carbocycles. The molecule has 1 aliphatic rings. The van der Waals surface area contributed by atoms with Crippen LogP contribution in [0.1, 0.15) is 13.3 Å². The molecule has 1 aliphatic heterocycles. The number of rotatable bonds is 8. The Morgan fingerprint density at radius 1 is 0.872 bits per heavy atom. The molecule has 3 aromatic carbocycles. The number of carbonyl (C=O) groups excluding carboxylic acids is 1. The van der Waals surface area contributed by atoms with Crippen LogP contribution in [0.4, 0.5) is 17.1 Å². The maximum atomic E-state index is 13.0. The van der Waals surface area contributed by atoms with Gasteiger partial charge in [-0.1, -0.05) is 59.4 Å². The van der Waals surface area contributed by atoms with Crippen LogP contribution in [-0.2, 0) is 24.8 Å². The maximum absolute atomic E-state index is 13.0. The Bertz CT molecular complexity index is 1720. The zero-order valence-corrected chi connectivity index (χ0v) is 24.5. The molecule has 1 amide bonds. The van der Waals surface area contributed by atoms with Crippen molar-refractivity contribution in [3.63, 3.8) is 0 Å². The lowest BCUT2D eigenvalue weighted by Gasteiger charge is -2.18. The van der Waals surface area contributed by atoms with Crippen LogP contribution in [0.3, 0.4) is 0 Å². The van der Waals surface area contributed by atoms with E-state index in [-0.39, 0.29) is 71.7 Å². The molecule has 0 saturated carbocycles. The largest absolute Gasteiger partial charge is 0.280 e. The number of hydrazine groups is 1. The maximum Gasteiger partial charge on any atom is 0.261 e. The zero-order valence-electron chi connectivity index (χ0n) is 19.9. The summed E-state index contributed by atoms with van der Waals surface area (Å²) < 4.78 is 55.3. The Labute approximate surface area is 245 Å². The SMILES string of the molecule is CCNS(=O)(=O)c1cccc(S(=O)(=O)Nc2ccc(Cl)c(N=C3CC(=O)N(c4cc(Cl)c(Cl)cc4Cl)N3)c2)c1. The first-order valence-electron chi connectivity index (χ1n) is 11.0. The van der Waals surface area contributed by atoms with Gasteiger partial charge in [0, 0.05) is 6.54 Å². The van der Waals surface area contributed by atoms with E-state index in [0.29, 0.717) is 0 Å². The van der Waals surface area contributed by atoms with E-state index in [1.165, 1.54) is 48.5 Å². The first kappa shape index (κ1) is 29.4. The van der Waals surface area contributed by atoms with Crippen LogP contribution in [0.2, 0.25) is 20.1 Å². The van der Waals surface area contributed by atoms with Crippen molar-refractivity contribution in [2.75, 3.05) is 16.3 Å². The van der Waals surface area contributed by atoms with Crippen molar-refractivity contribution in [1.29, 1.82) is 0 Å². The lowest BCUT2D eigenvalue weighted by molar-refractivity contribution is -0.116. The van der Waals surface area contributed by atoms with Gasteiger partial charge in [0.1, 0.15) is 5.84 Å². The molecule has 4 rings (SSSR count). The minimum absolute atomic E-state index is 0.104. The minimum atomic E-state index is -4.18. The van der Waals surface area contributed by atoms with E-state index in [1.54, 1.807) is 6.92 Å². The number of hydrogen-bond donors (Lipinski definition) is 3. The van der Waals surface area contributed by atoms with Crippen molar-refractivity contribution >= 4 is 95.3 Å². The van der Waals surface area contributed by atoms with Crippen molar-refractivity contribution in [3.05, 3.63) is 74.7 Å². The van der Waals surface area contributed by atoms with Gasteiger partial charge in [0.2, 0.25) is 10.0 Å². The van der Waals surface area contributed by atoms with E-state index >= 15 is 0 Å². The van der Waals surface area contributed by atoms with Crippen molar-refractivity contribution < 1.29 is 21.6 Å². The summed E-state index contributed by atoms with van der Waals surface area (Å²) >= 11 is 24.5. The number of anilines is 2. The standard InChI is InChI=1S/C23H19Cl4N5O5S2/c1-2-28-38(34,35)14-4-3-5-15(9-14)39(36,37)31-13-6-7-16(24)20(8-13)29-22-12-23(33)32(30-22)21-11-18(26)17(25)10-19(21)27/h3-11,28,31H,2,12H2,1H3,(H,29,30). The quantitative estimate of drug-likeness (QED) is 0.280. The molecular weight excluding hydrogens is 632 g/mol. The van der Waals surface area contributed by atoms with Gasteiger partial charge in [-0.25, -0.2) is 31.6 Å². The summed E-state index contributed by atoms with van der Waals surface area (Å²) in [5.74, 6) is -0.167. The molecule has 0 atom stereocenters. The Morgan fingerprint density at radius 3 is 2.23 bits per heavy atom. The van der Waals surface area contributed by atoms with Crippen molar-refractivity contribution in [2.45, 2.75) is 23.1 Å². The molecule has 10 nitrogen and oxygen atoms in total. The number of carbonyl (C=O) groups is 1. The van der Waals surface area contributed by atoms with Gasteiger partial charge in [-0.2, -0.15) is 0 Å². The number of benzene rings is 3. The number of hydrogen-bond acceptors (Lipinski definition) is 6. The third-order valence-corrected chi connectivity index (χ3v) is 9.52. The minimum Gasteiger partial charge on any atom is -0.280 e. The third kappa shape index (κ3) is 6.60. The number of sulfonamides is 2. The van der Waals surface area contributed by atoms with E-state index in [2.05, 4.69) is 19.9 Å². The fraction of sp³-hybridized carbons (Fsp3) is 0.130. The molecule has 1 saturated heterocycles. The van der Waals surface area contributed by atoms with Crippen LogP contribution in [-0.4, -0.2) is 35.1 Å². The van der Waals surface area contributed by atoms with Crippen molar-refractivity contribution in [1.82, 2.24) is 10.1 Å². The second-order valence-corrected chi connectivity index (χ2v) is 13.1. The molecule has 16 heteroatoms. The topological polar surface area (TPSA) is 137 Å². The van der Waals surface area contributed by atoms with E-state index in [1.807, 2.05) is 0 Å². The number of amidine groups is 1. The van der Waals surface area contributed by atoms with E-state index in [4.69, 9.17) is 46.4 Å². The Morgan fingerprint density at radius 2 is 1.54 bits per heavy atom. The fourth-order valence-corrected chi connectivity index (χ4v) is 6.54. The predicted molar refractivity (Wildman–Crippen MR) is 153 cm³/mol. The molecule has 0 aromatic heterocycles. The Kier molecular flexibility index (Phi) is 8.67. The average Bonchev–Trinajstić information content (AvgIpc) is 3.23. The highest BCUT2D eigenvalue weighted by atomic mass is 35.5. The number of amides is 1. The van der Waals surface area contributed by atoms with Crippen LogP contribution in [0.15, 0.2) is 69.4 Å². The van der Waals surface area contributed by atoms with E-state index < -0.39 is 20.0 Å². The van der Waals surface area contributed by atoms with E-state index in [0.717, 1.165) is 11.1 Å². The summed E-state index contributed by atoms with van der Waals surface area (Å²) in [5, 5.41) is 1.96. The van der Waals surface area contributed by atoms with Gasteiger partial charge in [-0.05, 0) is 48.5 Å². The molecule has 39 heavy (non-hydrogen) atoms. The smallest absolute Gasteiger partial charge is 0.261 e. The fourth-order valence-electron chi connectivity index (χ4n) is 3.50. The second kappa shape index (κ2) is 11.5. The van der Waals surface area contributed by atoms with Gasteiger partial charge in [-0.3, -0.25) is 14.9 Å². The molecule has 0 spiro atoms. The summed E-state index contributed by atoms with van der Waals surface area (Å²) in [7, 11) is -8.05. The van der Waals surface area contributed by atoms with Crippen LogP contribution >= 0.6 is 46.4 Å². The van der Waals surface area contributed by atoms with Crippen molar-refractivity contribution in [3.8, 4) is 0 Å². The van der Waals surface area contributed by atoms with E-state index in [9.17, 15) is 21.6 Å². The lowest BCUT2D eigenvalue weighted by Crippen LogP contribution is -2.36. The number of nitrogens with zero attached hydrogens (tertiary/aromatic N) is 2. The normalized spacial score (nSPS) is 15.1. The van der Waals surface area contributed by atoms with Crippen LogP contribution in [0.25, 0.3) is 0 Å².